The Labute approximate surface area is 126 Å². The number of nitrogens with one attached hydrogen (secondary N) is 1. The number of fused-ring (bicyclic) bond motifs is 1. The number of benzene rings is 2. The molecule has 4 nitrogen and oxygen atoms in total. The Morgan fingerprint density at radius 2 is 1.76 bits per heavy atom. The summed E-state index contributed by atoms with van der Waals surface area (Å²) < 4.78 is 0. The maximum absolute atomic E-state index is 12.3. The predicted molar refractivity (Wildman–Crippen MR) is 85.7 cm³/mol. The number of amides is 1. The molecule has 104 valence electrons. The number of rotatable bonds is 3. The molecule has 2 aromatic carbocycles. The van der Waals surface area contributed by atoms with Crippen molar-refractivity contribution in [3.63, 3.8) is 0 Å². The van der Waals surface area contributed by atoms with Gasteiger partial charge in [-0.25, -0.2) is 9.97 Å². The highest BCUT2D eigenvalue weighted by molar-refractivity contribution is 7.98. The first-order valence-electron chi connectivity index (χ1n) is 6.43. The molecule has 3 aromatic rings. The molecule has 0 fully saturated rings. The lowest BCUT2D eigenvalue weighted by molar-refractivity contribution is 0.102. The van der Waals surface area contributed by atoms with Crippen molar-refractivity contribution in [1.29, 1.82) is 0 Å². The zero-order valence-corrected chi connectivity index (χ0v) is 12.2. The van der Waals surface area contributed by atoms with Gasteiger partial charge in [-0.1, -0.05) is 48.2 Å². The van der Waals surface area contributed by atoms with Crippen LogP contribution < -0.4 is 5.32 Å². The average molecular weight is 295 g/mol. The van der Waals surface area contributed by atoms with Gasteiger partial charge >= 0.3 is 0 Å². The summed E-state index contributed by atoms with van der Waals surface area (Å²) in [6.07, 6.45) is 4.98. The van der Waals surface area contributed by atoms with Crippen molar-refractivity contribution in [2.75, 3.05) is 11.6 Å². The zero-order chi connectivity index (χ0) is 14.7. The molecule has 0 unspecified atom stereocenters. The van der Waals surface area contributed by atoms with E-state index in [1.165, 1.54) is 11.8 Å². The fourth-order valence-electron chi connectivity index (χ4n) is 2.07. The lowest BCUT2D eigenvalue weighted by atomic mass is 10.1. The Morgan fingerprint density at radius 3 is 2.52 bits per heavy atom. The SMILES string of the molecule is CSc1ncc(C(=O)Nc2cccc3ccccc23)cn1. The molecule has 0 aliphatic rings. The molecule has 1 amide bonds. The topological polar surface area (TPSA) is 54.9 Å². The first-order chi connectivity index (χ1) is 10.3. The van der Waals surface area contributed by atoms with Gasteiger partial charge in [-0.2, -0.15) is 0 Å². The normalized spacial score (nSPS) is 10.5. The van der Waals surface area contributed by atoms with E-state index in [1.54, 1.807) is 12.4 Å². The molecule has 1 heterocycles. The first kappa shape index (κ1) is 13.6. The Hall–Kier alpha value is -2.40. The second kappa shape index (κ2) is 5.93. The molecule has 0 aliphatic carbocycles. The van der Waals surface area contributed by atoms with E-state index in [2.05, 4.69) is 15.3 Å². The second-order valence-electron chi connectivity index (χ2n) is 4.44. The van der Waals surface area contributed by atoms with E-state index in [1.807, 2.05) is 48.7 Å². The Balaban J connectivity index is 1.89. The van der Waals surface area contributed by atoms with Gasteiger partial charge in [-0.3, -0.25) is 4.79 Å². The first-order valence-corrected chi connectivity index (χ1v) is 7.65. The summed E-state index contributed by atoms with van der Waals surface area (Å²) in [4.78, 5) is 20.5. The Morgan fingerprint density at radius 1 is 1.05 bits per heavy atom. The Bertz CT molecular complexity index is 782. The van der Waals surface area contributed by atoms with Crippen LogP contribution in [0, 0.1) is 0 Å². The van der Waals surface area contributed by atoms with Gasteiger partial charge in [0.2, 0.25) is 0 Å². The van der Waals surface area contributed by atoms with E-state index in [9.17, 15) is 4.79 Å². The molecule has 21 heavy (non-hydrogen) atoms. The van der Waals surface area contributed by atoms with Crippen LogP contribution in [0.3, 0.4) is 0 Å². The lowest BCUT2D eigenvalue weighted by Gasteiger charge is -2.08. The Kier molecular flexibility index (Phi) is 3.83. The number of carbonyl (C=O) groups is 1. The molecule has 0 spiro atoms. The quantitative estimate of drug-likeness (QED) is 0.592. The van der Waals surface area contributed by atoms with Gasteiger partial charge in [0.1, 0.15) is 0 Å². The third kappa shape index (κ3) is 2.87. The minimum absolute atomic E-state index is 0.209. The number of hydrogen-bond donors (Lipinski definition) is 1. The number of thioether (sulfide) groups is 1. The van der Waals surface area contributed by atoms with Crippen LogP contribution in [0.25, 0.3) is 10.8 Å². The van der Waals surface area contributed by atoms with Crippen molar-refractivity contribution in [1.82, 2.24) is 9.97 Å². The van der Waals surface area contributed by atoms with Crippen LogP contribution in [0.1, 0.15) is 10.4 Å². The number of anilines is 1. The molecule has 0 aliphatic heterocycles. The van der Waals surface area contributed by atoms with E-state index in [4.69, 9.17) is 0 Å². The van der Waals surface area contributed by atoms with E-state index >= 15 is 0 Å². The molecule has 0 saturated carbocycles. The largest absolute Gasteiger partial charge is 0.321 e. The lowest BCUT2D eigenvalue weighted by Crippen LogP contribution is -2.13. The molecule has 3 rings (SSSR count). The second-order valence-corrected chi connectivity index (χ2v) is 5.21. The fourth-order valence-corrected chi connectivity index (χ4v) is 2.38. The van der Waals surface area contributed by atoms with Crippen molar-refractivity contribution in [2.45, 2.75) is 5.16 Å². The standard InChI is InChI=1S/C16H13N3OS/c1-21-16-17-9-12(10-18-16)15(20)19-14-8-4-6-11-5-2-3-7-13(11)14/h2-10H,1H3,(H,19,20). The molecule has 5 heteroatoms. The van der Waals surface area contributed by atoms with Gasteiger partial charge in [-0.15, -0.1) is 0 Å². The summed E-state index contributed by atoms with van der Waals surface area (Å²) in [7, 11) is 0. The molecule has 0 atom stereocenters. The van der Waals surface area contributed by atoms with Crippen LogP contribution in [-0.2, 0) is 0 Å². The van der Waals surface area contributed by atoms with Crippen LogP contribution >= 0.6 is 11.8 Å². The van der Waals surface area contributed by atoms with Gasteiger partial charge < -0.3 is 5.32 Å². The van der Waals surface area contributed by atoms with Gasteiger partial charge in [0, 0.05) is 23.5 Å². The van der Waals surface area contributed by atoms with Crippen LogP contribution in [0.5, 0.6) is 0 Å². The molecule has 1 N–H and O–H groups in total. The van der Waals surface area contributed by atoms with Crippen molar-refractivity contribution in [2.24, 2.45) is 0 Å². The van der Waals surface area contributed by atoms with Crippen LogP contribution in [-0.4, -0.2) is 22.1 Å². The highest BCUT2D eigenvalue weighted by Crippen LogP contribution is 2.23. The summed E-state index contributed by atoms with van der Waals surface area (Å²) in [5.74, 6) is -0.209. The highest BCUT2D eigenvalue weighted by Gasteiger charge is 2.09. The summed E-state index contributed by atoms with van der Waals surface area (Å²) in [5.41, 5.74) is 1.23. The molecule has 1 aromatic heterocycles. The van der Waals surface area contributed by atoms with Crippen LogP contribution in [0.15, 0.2) is 60.0 Å². The number of nitrogens with zero attached hydrogens (tertiary/aromatic N) is 2. The van der Waals surface area contributed by atoms with Crippen molar-refractivity contribution in [3.8, 4) is 0 Å². The highest BCUT2D eigenvalue weighted by atomic mass is 32.2. The third-order valence-corrected chi connectivity index (χ3v) is 3.69. The summed E-state index contributed by atoms with van der Waals surface area (Å²) >= 11 is 1.44. The summed E-state index contributed by atoms with van der Waals surface area (Å²) in [5, 5.41) is 5.66. The maximum atomic E-state index is 12.3. The number of aromatic nitrogens is 2. The number of hydrogen-bond acceptors (Lipinski definition) is 4. The van der Waals surface area contributed by atoms with Gasteiger partial charge in [0.05, 0.1) is 5.56 Å². The summed E-state index contributed by atoms with van der Waals surface area (Å²) in [6, 6.07) is 13.8. The van der Waals surface area contributed by atoms with E-state index in [0.717, 1.165) is 16.5 Å². The van der Waals surface area contributed by atoms with Crippen molar-refractivity contribution < 1.29 is 4.79 Å². The molecular weight excluding hydrogens is 282 g/mol. The van der Waals surface area contributed by atoms with Crippen LogP contribution in [0.4, 0.5) is 5.69 Å². The maximum Gasteiger partial charge on any atom is 0.258 e. The minimum Gasteiger partial charge on any atom is -0.321 e. The van der Waals surface area contributed by atoms with Crippen molar-refractivity contribution >= 4 is 34.1 Å². The van der Waals surface area contributed by atoms with Gasteiger partial charge in [0.15, 0.2) is 5.16 Å². The monoisotopic (exact) mass is 295 g/mol. The molecule has 0 saturated heterocycles. The van der Waals surface area contributed by atoms with Gasteiger partial charge in [0.25, 0.3) is 5.91 Å². The predicted octanol–water partition coefficient (Wildman–Crippen LogP) is 3.60. The number of carbonyl (C=O) groups excluding carboxylic acids is 1. The third-order valence-electron chi connectivity index (χ3n) is 3.11. The van der Waals surface area contributed by atoms with Crippen molar-refractivity contribution in [3.05, 3.63) is 60.4 Å². The summed E-state index contributed by atoms with van der Waals surface area (Å²) in [6.45, 7) is 0. The molecule has 0 radical (unpaired) electrons. The zero-order valence-electron chi connectivity index (χ0n) is 11.4. The smallest absolute Gasteiger partial charge is 0.258 e. The van der Waals surface area contributed by atoms with E-state index in [0.29, 0.717) is 10.7 Å². The van der Waals surface area contributed by atoms with E-state index < -0.39 is 0 Å². The minimum atomic E-state index is -0.209. The fraction of sp³-hybridized carbons (Fsp3) is 0.0625. The van der Waals surface area contributed by atoms with Gasteiger partial charge in [-0.05, 0) is 17.7 Å². The van der Waals surface area contributed by atoms with E-state index in [-0.39, 0.29) is 5.91 Å². The average Bonchev–Trinajstić information content (AvgIpc) is 2.55. The van der Waals surface area contributed by atoms with Crippen LogP contribution in [0.2, 0.25) is 0 Å². The molecular formula is C16H13N3OS. The molecule has 0 bridgehead atoms.